The predicted molar refractivity (Wildman–Crippen MR) is 134 cm³/mol. The van der Waals surface area contributed by atoms with Crippen molar-refractivity contribution in [3.63, 3.8) is 0 Å². The highest BCUT2D eigenvalue weighted by Crippen LogP contribution is 2.24. The molecular weight excluding hydrogens is 452 g/mol. The molecule has 0 atom stereocenters. The number of aromatic nitrogens is 1. The van der Waals surface area contributed by atoms with Crippen molar-refractivity contribution in [1.82, 2.24) is 14.8 Å². The fourth-order valence-electron chi connectivity index (χ4n) is 3.33. The molecule has 12 nitrogen and oxygen atoms in total. The maximum Gasteiger partial charge on any atom is 0.287 e. The van der Waals surface area contributed by atoms with Crippen molar-refractivity contribution in [2.75, 3.05) is 44.4 Å². The van der Waals surface area contributed by atoms with Crippen LogP contribution in [0.1, 0.15) is 27.5 Å². The average molecular weight is 483 g/mol. The van der Waals surface area contributed by atoms with Gasteiger partial charge in [-0.15, -0.1) is 0 Å². The second kappa shape index (κ2) is 11.2. The number of nitrogens with two attached hydrogens (primary N) is 2. The molecule has 35 heavy (non-hydrogen) atoms. The smallest absolute Gasteiger partial charge is 0.287 e. The predicted octanol–water partition coefficient (Wildman–Crippen LogP) is 0.917. The van der Waals surface area contributed by atoms with Gasteiger partial charge in [-0.1, -0.05) is 0 Å². The molecule has 0 bridgehead atoms. The van der Waals surface area contributed by atoms with Crippen LogP contribution in [0.3, 0.4) is 0 Å². The molecule has 0 saturated carbocycles. The summed E-state index contributed by atoms with van der Waals surface area (Å²) in [6, 6.07) is 8.27. The van der Waals surface area contributed by atoms with Crippen LogP contribution in [0.4, 0.5) is 11.4 Å². The number of nitrogens with zero attached hydrogens (tertiary/aromatic N) is 3. The number of carbonyl (C=O) groups is 3. The Kier molecular flexibility index (Phi) is 8.10. The molecule has 0 aliphatic heterocycles. The monoisotopic (exact) mass is 482 g/mol. The Morgan fingerprint density at radius 3 is 2.54 bits per heavy atom. The number of rotatable bonds is 10. The third kappa shape index (κ3) is 7.08. The van der Waals surface area contributed by atoms with Crippen molar-refractivity contribution in [2.45, 2.75) is 6.42 Å². The highest BCUT2D eigenvalue weighted by Gasteiger charge is 2.16. The van der Waals surface area contributed by atoms with E-state index < -0.39 is 5.91 Å². The molecule has 186 valence electrons. The second-order valence-electron chi connectivity index (χ2n) is 8.24. The van der Waals surface area contributed by atoms with Crippen LogP contribution in [0.2, 0.25) is 0 Å². The van der Waals surface area contributed by atoms with E-state index in [1.807, 2.05) is 19.0 Å². The van der Waals surface area contributed by atoms with Gasteiger partial charge in [-0.25, -0.2) is 4.99 Å². The lowest BCUT2D eigenvalue weighted by molar-refractivity contribution is -0.114. The van der Waals surface area contributed by atoms with Gasteiger partial charge in [-0.05, 0) is 57.4 Å². The van der Waals surface area contributed by atoms with Gasteiger partial charge < -0.3 is 41.3 Å². The summed E-state index contributed by atoms with van der Waals surface area (Å²) in [4.78, 5) is 42.7. The van der Waals surface area contributed by atoms with Gasteiger partial charge in [0.2, 0.25) is 5.91 Å². The molecule has 0 spiro atoms. The van der Waals surface area contributed by atoms with E-state index in [4.69, 9.17) is 15.9 Å². The van der Waals surface area contributed by atoms with Gasteiger partial charge in [0, 0.05) is 30.9 Å². The maximum atomic E-state index is 12.8. The van der Waals surface area contributed by atoms with E-state index in [0.29, 0.717) is 34.6 Å². The van der Waals surface area contributed by atoms with Crippen molar-refractivity contribution in [1.29, 1.82) is 0 Å². The zero-order chi connectivity index (χ0) is 25.5. The molecule has 0 saturated heterocycles. The SMILES string of the molecule is CN(C)CCCNC(=O)c1cc2cc(NC(=O)c3cc(NC(=O)CN=C(N)N)cn3C)ccc2o1. The molecule has 0 aliphatic carbocycles. The van der Waals surface area contributed by atoms with Gasteiger partial charge in [-0.2, -0.15) is 0 Å². The number of benzene rings is 1. The molecule has 3 rings (SSSR count). The molecule has 2 aromatic heterocycles. The third-order valence-electron chi connectivity index (χ3n) is 4.99. The van der Waals surface area contributed by atoms with E-state index in [9.17, 15) is 14.4 Å². The molecule has 3 aromatic rings. The third-order valence-corrected chi connectivity index (χ3v) is 4.99. The Hall–Kier alpha value is -4.32. The number of amides is 3. The van der Waals surface area contributed by atoms with Gasteiger partial charge in [0.05, 0.1) is 5.69 Å². The minimum absolute atomic E-state index is 0.185. The molecule has 1 aromatic carbocycles. The standard InChI is InChI=1S/C23H30N8O4/c1-30(2)8-4-7-26-22(34)19-10-14-9-15(5-6-18(14)35-19)29-21(33)17-11-16(13-31(17)3)28-20(32)12-27-23(24)25/h5-6,9-11,13H,4,7-8,12H2,1-3H3,(H,26,34)(H,28,32)(H,29,33)(H4,24,25,27). The van der Waals surface area contributed by atoms with Gasteiger partial charge in [0.25, 0.3) is 11.8 Å². The lowest BCUT2D eigenvalue weighted by Gasteiger charge is -2.08. The largest absolute Gasteiger partial charge is 0.451 e. The topological polar surface area (TPSA) is 173 Å². The Morgan fingerprint density at radius 1 is 1.06 bits per heavy atom. The molecular formula is C23H30N8O4. The summed E-state index contributed by atoms with van der Waals surface area (Å²) in [6.45, 7) is 1.19. The lowest BCUT2D eigenvalue weighted by Crippen LogP contribution is -2.26. The number of fused-ring (bicyclic) bond motifs is 1. The highest BCUT2D eigenvalue weighted by molar-refractivity contribution is 6.06. The molecule has 0 unspecified atom stereocenters. The molecule has 3 amide bonds. The fraction of sp³-hybridized carbons (Fsp3) is 0.304. The van der Waals surface area contributed by atoms with Gasteiger partial charge in [-0.3, -0.25) is 14.4 Å². The van der Waals surface area contributed by atoms with Gasteiger partial charge >= 0.3 is 0 Å². The Morgan fingerprint density at radius 2 is 1.83 bits per heavy atom. The number of hydrogen-bond donors (Lipinski definition) is 5. The summed E-state index contributed by atoms with van der Waals surface area (Å²) in [5.41, 5.74) is 12.3. The molecule has 12 heteroatoms. The lowest BCUT2D eigenvalue weighted by atomic mass is 10.2. The molecule has 2 heterocycles. The molecule has 0 fully saturated rings. The maximum absolute atomic E-state index is 12.8. The summed E-state index contributed by atoms with van der Waals surface area (Å²) >= 11 is 0. The first-order chi connectivity index (χ1) is 16.6. The first-order valence-corrected chi connectivity index (χ1v) is 10.9. The minimum Gasteiger partial charge on any atom is -0.451 e. The second-order valence-corrected chi connectivity index (χ2v) is 8.24. The number of anilines is 2. The average Bonchev–Trinajstić information content (AvgIpc) is 3.37. The summed E-state index contributed by atoms with van der Waals surface area (Å²) in [5.74, 6) is -1.06. The van der Waals surface area contributed by atoms with Crippen molar-refractivity contribution < 1.29 is 18.8 Å². The van der Waals surface area contributed by atoms with Crippen LogP contribution in [0, 0.1) is 0 Å². The Labute approximate surface area is 202 Å². The Bertz CT molecular complexity index is 1250. The molecule has 7 N–H and O–H groups in total. The number of furan rings is 1. The van der Waals surface area contributed by atoms with Crippen LogP contribution >= 0.6 is 0 Å². The van der Waals surface area contributed by atoms with E-state index in [0.717, 1.165) is 13.0 Å². The number of nitrogens with one attached hydrogen (secondary N) is 3. The van der Waals surface area contributed by atoms with Crippen LogP contribution < -0.4 is 27.4 Å². The van der Waals surface area contributed by atoms with E-state index in [2.05, 4.69) is 20.9 Å². The van der Waals surface area contributed by atoms with Crippen LogP contribution in [0.5, 0.6) is 0 Å². The molecule has 0 radical (unpaired) electrons. The van der Waals surface area contributed by atoms with Crippen LogP contribution in [-0.2, 0) is 11.8 Å². The number of aryl methyl sites for hydroxylation is 1. The zero-order valence-corrected chi connectivity index (χ0v) is 19.9. The van der Waals surface area contributed by atoms with Gasteiger partial charge in [0.15, 0.2) is 11.7 Å². The van der Waals surface area contributed by atoms with Crippen molar-refractivity contribution in [3.8, 4) is 0 Å². The summed E-state index contributed by atoms with van der Waals surface area (Å²) < 4.78 is 7.23. The number of carbonyl (C=O) groups excluding carboxylic acids is 3. The highest BCUT2D eigenvalue weighted by atomic mass is 16.3. The van der Waals surface area contributed by atoms with Gasteiger partial charge in [0.1, 0.15) is 17.8 Å². The number of guanidine groups is 1. The Balaban J connectivity index is 1.63. The van der Waals surface area contributed by atoms with Crippen LogP contribution in [0.15, 0.2) is 45.9 Å². The quantitative estimate of drug-likeness (QED) is 0.162. The van der Waals surface area contributed by atoms with Crippen LogP contribution in [0.25, 0.3) is 11.0 Å². The minimum atomic E-state index is -0.418. The number of aliphatic imine (C=N–C) groups is 1. The van der Waals surface area contributed by atoms with Crippen molar-refractivity contribution in [2.24, 2.45) is 23.5 Å². The first-order valence-electron chi connectivity index (χ1n) is 10.9. The fourth-order valence-corrected chi connectivity index (χ4v) is 3.33. The zero-order valence-electron chi connectivity index (χ0n) is 19.9. The van der Waals surface area contributed by atoms with Crippen molar-refractivity contribution >= 4 is 46.0 Å². The first kappa shape index (κ1) is 25.3. The summed E-state index contributed by atoms with van der Waals surface area (Å²) in [5, 5.41) is 8.96. The summed E-state index contributed by atoms with van der Waals surface area (Å²) in [7, 11) is 5.63. The molecule has 0 aliphatic rings. The van der Waals surface area contributed by atoms with E-state index in [-0.39, 0.29) is 30.1 Å². The summed E-state index contributed by atoms with van der Waals surface area (Å²) in [6.07, 6.45) is 2.43. The van der Waals surface area contributed by atoms with Crippen molar-refractivity contribution in [3.05, 3.63) is 48.0 Å². The van der Waals surface area contributed by atoms with E-state index >= 15 is 0 Å². The van der Waals surface area contributed by atoms with Crippen LogP contribution in [-0.4, -0.2) is 66.9 Å². The number of hydrogen-bond acceptors (Lipinski definition) is 6. The normalized spacial score (nSPS) is 10.9. The van der Waals surface area contributed by atoms with E-state index in [1.54, 1.807) is 42.1 Å². The van der Waals surface area contributed by atoms with E-state index in [1.165, 1.54) is 6.07 Å².